The summed E-state index contributed by atoms with van der Waals surface area (Å²) in [6, 6.07) is 16.6. The Morgan fingerprint density at radius 1 is 0.776 bits per heavy atom. The van der Waals surface area contributed by atoms with Crippen molar-refractivity contribution in [3.8, 4) is 34.5 Å². The Balaban J connectivity index is 1.26. The van der Waals surface area contributed by atoms with E-state index in [4.69, 9.17) is 37.9 Å². The fourth-order valence-electron chi connectivity index (χ4n) is 8.36. The zero-order chi connectivity index (χ0) is 40.9. The number of esters is 1. The van der Waals surface area contributed by atoms with E-state index >= 15 is 4.79 Å². The van der Waals surface area contributed by atoms with Gasteiger partial charge in [-0.25, -0.2) is 4.79 Å². The van der Waals surface area contributed by atoms with Crippen LogP contribution < -0.4 is 28.4 Å². The normalized spacial score (nSPS) is 19.4. The summed E-state index contributed by atoms with van der Waals surface area (Å²) in [7, 11) is 7.94. The van der Waals surface area contributed by atoms with E-state index in [0.717, 1.165) is 81.6 Å². The second-order valence-corrected chi connectivity index (χ2v) is 15.0. The van der Waals surface area contributed by atoms with Gasteiger partial charge in [0.25, 0.3) is 0 Å². The smallest absolute Gasteiger partial charge is 0.329 e. The Bertz CT molecular complexity index is 1820. The topological polar surface area (TPSA) is 114 Å². The number of likely N-dealkylation sites (tertiary alicyclic amines) is 1. The number of benzene rings is 3. The minimum absolute atomic E-state index is 0.0668. The summed E-state index contributed by atoms with van der Waals surface area (Å²) in [5.41, 5.74) is 2.60. The summed E-state index contributed by atoms with van der Waals surface area (Å²) in [6.07, 6.45) is 9.70. The molecule has 12 nitrogen and oxygen atoms in total. The monoisotopic (exact) mass is 800 g/mol. The molecule has 1 amide bonds. The molecule has 0 spiro atoms. The maximum Gasteiger partial charge on any atom is 0.329 e. The summed E-state index contributed by atoms with van der Waals surface area (Å²) in [5, 5.41) is 0. The molecule has 314 valence electrons. The molecule has 1 aliphatic carbocycles. The highest BCUT2D eigenvalue weighted by atomic mass is 16.5. The van der Waals surface area contributed by atoms with Gasteiger partial charge in [-0.2, -0.15) is 0 Å². The maximum absolute atomic E-state index is 15.0. The lowest BCUT2D eigenvalue weighted by Gasteiger charge is -2.39. The third-order valence-electron chi connectivity index (χ3n) is 11.5. The molecule has 4 atom stereocenters. The van der Waals surface area contributed by atoms with Crippen molar-refractivity contribution >= 4 is 11.9 Å². The summed E-state index contributed by atoms with van der Waals surface area (Å²) in [6.45, 7) is 5.02. The molecule has 0 bridgehead atoms. The molecule has 3 aromatic rings. The molecule has 3 aromatic carbocycles. The molecule has 3 aliphatic rings. The quantitative estimate of drug-likeness (QED) is 0.0964. The van der Waals surface area contributed by atoms with E-state index in [9.17, 15) is 4.79 Å². The first-order valence-electron chi connectivity index (χ1n) is 20.6. The second kappa shape index (κ2) is 21.2. The second-order valence-electron chi connectivity index (χ2n) is 15.0. The van der Waals surface area contributed by atoms with Gasteiger partial charge in [0, 0.05) is 26.2 Å². The van der Waals surface area contributed by atoms with Gasteiger partial charge in [-0.1, -0.05) is 30.4 Å². The van der Waals surface area contributed by atoms with Gasteiger partial charge in [0.15, 0.2) is 23.0 Å². The van der Waals surface area contributed by atoms with Gasteiger partial charge in [-0.15, -0.1) is 0 Å². The minimum atomic E-state index is -0.741. The first-order valence-corrected chi connectivity index (χ1v) is 20.6. The fraction of sp³-hybridized carbons (Fsp3) is 0.522. The zero-order valence-electron chi connectivity index (χ0n) is 34.7. The number of ether oxygens (including phenoxy) is 8. The number of hydrogen-bond donors (Lipinski definition) is 0. The predicted molar refractivity (Wildman–Crippen MR) is 221 cm³/mol. The van der Waals surface area contributed by atoms with E-state index in [-0.39, 0.29) is 11.8 Å². The SMILES string of the molecule is COc1ccc(CC[C@@H](OC(=O)[C@@H]2CCCCN2C(=O)[C@H](c2cc(OC)c(OC)c(OC)c2)[C@H]2C=CCCC2)c2cccc(OCCN3CCOCC3)c2)cc1OC. The van der Waals surface area contributed by atoms with E-state index in [0.29, 0.717) is 66.9 Å². The van der Waals surface area contributed by atoms with Crippen molar-refractivity contribution in [2.45, 2.75) is 69.4 Å². The molecule has 0 N–H and O–H groups in total. The number of allylic oxidation sites excluding steroid dienone is 2. The summed E-state index contributed by atoms with van der Waals surface area (Å²) < 4.78 is 46.3. The lowest BCUT2D eigenvalue weighted by Crippen LogP contribution is -2.51. The van der Waals surface area contributed by atoms with Gasteiger partial charge in [-0.3, -0.25) is 9.69 Å². The highest BCUT2D eigenvalue weighted by molar-refractivity contribution is 5.90. The highest BCUT2D eigenvalue weighted by Gasteiger charge is 2.41. The molecule has 0 unspecified atom stereocenters. The Morgan fingerprint density at radius 2 is 1.53 bits per heavy atom. The van der Waals surface area contributed by atoms with Crippen LogP contribution in [0.5, 0.6) is 34.5 Å². The van der Waals surface area contributed by atoms with Gasteiger partial charge < -0.3 is 42.8 Å². The molecule has 0 aromatic heterocycles. The van der Waals surface area contributed by atoms with Crippen molar-refractivity contribution in [1.82, 2.24) is 9.80 Å². The van der Waals surface area contributed by atoms with Crippen LogP contribution in [0.3, 0.4) is 0 Å². The molecule has 2 saturated heterocycles. The standard InChI is InChI=1S/C46H60N2O10/c1-51-39-20-18-32(28-40(39)52-2)17-19-38(34-14-11-15-36(29-34)57-27-24-47-22-25-56-26-23-47)58-46(50)37-16-9-10-21-48(37)45(49)43(33-12-7-6-8-13-33)35-30-41(53-3)44(55-5)42(31-35)54-4/h7,11-12,14-15,18,20,28-31,33,37-38,43H,6,8-10,13,16-17,19,21-27H2,1-5H3/t33-,37-,38+,43-/m0/s1. The number of morpholine rings is 1. The highest BCUT2D eigenvalue weighted by Crippen LogP contribution is 2.44. The fourth-order valence-corrected chi connectivity index (χ4v) is 8.36. The van der Waals surface area contributed by atoms with E-state index < -0.39 is 24.0 Å². The van der Waals surface area contributed by atoms with Crippen molar-refractivity contribution in [1.29, 1.82) is 0 Å². The number of nitrogens with zero attached hydrogens (tertiary/aromatic N) is 2. The Hall–Kier alpha value is -4.94. The van der Waals surface area contributed by atoms with Crippen LogP contribution in [0.15, 0.2) is 66.7 Å². The van der Waals surface area contributed by atoms with Gasteiger partial charge in [-0.05, 0) is 110 Å². The number of methoxy groups -OCH3 is 5. The van der Waals surface area contributed by atoms with E-state index in [1.165, 1.54) is 0 Å². The molecule has 2 fully saturated rings. The van der Waals surface area contributed by atoms with E-state index in [1.807, 2.05) is 54.6 Å². The summed E-state index contributed by atoms with van der Waals surface area (Å²) >= 11 is 0. The Labute approximate surface area is 343 Å². The molecule has 0 radical (unpaired) electrons. The molecule has 12 heteroatoms. The van der Waals surface area contributed by atoms with Gasteiger partial charge in [0.1, 0.15) is 24.5 Å². The van der Waals surface area contributed by atoms with Crippen molar-refractivity contribution in [3.05, 3.63) is 83.4 Å². The van der Waals surface area contributed by atoms with Gasteiger partial charge in [0.05, 0.1) is 54.7 Å². The number of carbonyl (C=O) groups is 2. The number of piperidine rings is 1. The lowest BCUT2D eigenvalue weighted by atomic mass is 9.78. The van der Waals surface area contributed by atoms with Gasteiger partial charge >= 0.3 is 5.97 Å². The summed E-state index contributed by atoms with van der Waals surface area (Å²) in [4.78, 5) is 33.7. The molecule has 6 rings (SSSR count). The van der Waals surface area contributed by atoms with Gasteiger partial charge in [0.2, 0.25) is 11.7 Å². The first kappa shape index (κ1) is 42.7. The van der Waals surface area contributed by atoms with Crippen LogP contribution in [0.2, 0.25) is 0 Å². The van der Waals surface area contributed by atoms with Crippen LogP contribution in [0.25, 0.3) is 0 Å². The van der Waals surface area contributed by atoms with E-state index in [1.54, 1.807) is 40.4 Å². The first-order chi connectivity index (χ1) is 28.4. The molecule has 0 saturated carbocycles. The predicted octanol–water partition coefficient (Wildman–Crippen LogP) is 7.18. The van der Waals surface area contributed by atoms with Crippen LogP contribution >= 0.6 is 0 Å². The van der Waals surface area contributed by atoms with Crippen LogP contribution in [-0.2, 0) is 25.5 Å². The Morgan fingerprint density at radius 3 is 2.22 bits per heavy atom. The van der Waals surface area contributed by atoms with Crippen molar-refractivity contribution < 1.29 is 47.5 Å². The number of aryl methyl sites for hydroxylation is 1. The minimum Gasteiger partial charge on any atom is -0.493 e. The molecule has 58 heavy (non-hydrogen) atoms. The molecule has 2 aliphatic heterocycles. The van der Waals surface area contributed by atoms with Crippen LogP contribution in [0.4, 0.5) is 0 Å². The summed E-state index contributed by atoms with van der Waals surface area (Å²) in [5.74, 6) is 2.26. The van der Waals surface area contributed by atoms with Crippen molar-refractivity contribution in [3.63, 3.8) is 0 Å². The van der Waals surface area contributed by atoms with Crippen LogP contribution in [-0.4, -0.2) is 109 Å². The maximum atomic E-state index is 15.0. The Kier molecular flexibility index (Phi) is 15.6. The lowest BCUT2D eigenvalue weighted by molar-refractivity contribution is -0.163. The van der Waals surface area contributed by atoms with Crippen molar-refractivity contribution in [2.75, 3.05) is 81.5 Å². The average Bonchev–Trinajstić information content (AvgIpc) is 3.28. The number of amides is 1. The van der Waals surface area contributed by atoms with Crippen molar-refractivity contribution in [2.24, 2.45) is 5.92 Å². The molecule has 2 heterocycles. The average molecular weight is 801 g/mol. The molecular weight excluding hydrogens is 741 g/mol. The third kappa shape index (κ3) is 10.6. The largest absolute Gasteiger partial charge is 0.493 e. The number of hydrogen-bond acceptors (Lipinski definition) is 11. The van der Waals surface area contributed by atoms with E-state index in [2.05, 4.69) is 17.1 Å². The molecular formula is C46H60N2O10. The van der Waals surface area contributed by atoms with Crippen LogP contribution in [0, 0.1) is 5.92 Å². The third-order valence-corrected chi connectivity index (χ3v) is 11.5. The zero-order valence-corrected chi connectivity index (χ0v) is 34.7. The number of rotatable bonds is 18. The number of carbonyl (C=O) groups excluding carboxylic acids is 2. The van der Waals surface area contributed by atoms with Crippen LogP contribution in [0.1, 0.15) is 73.7 Å².